The molecule has 0 atom stereocenters. The first-order valence-corrected chi connectivity index (χ1v) is 5.31. The Morgan fingerprint density at radius 1 is 1.38 bits per heavy atom. The van der Waals surface area contributed by atoms with E-state index < -0.39 is 5.41 Å². The van der Waals surface area contributed by atoms with E-state index >= 15 is 0 Å². The third-order valence-corrected chi connectivity index (χ3v) is 2.28. The van der Waals surface area contributed by atoms with Crippen molar-refractivity contribution in [1.82, 2.24) is 0 Å². The maximum absolute atomic E-state index is 11.3. The van der Waals surface area contributed by atoms with Gasteiger partial charge in [0.2, 0.25) is 0 Å². The van der Waals surface area contributed by atoms with Gasteiger partial charge in [0.25, 0.3) is 0 Å². The lowest BCUT2D eigenvalue weighted by molar-refractivity contribution is -0.148. The molecule has 4 heteroatoms. The van der Waals surface area contributed by atoms with Gasteiger partial charge in [0.1, 0.15) is 5.78 Å². The molecule has 0 aromatic carbocycles. The van der Waals surface area contributed by atoms with Crippen LogP contribution in [0.3, 0.4) is 0 Å². The van der Waals surface area contributed by atoms with Crippen molar-refractivity contribution in [3.05, 3.63) is 0 Å². The lowest BCUT2D eigenvalue weighted by Crippen LogP contribution is -2.29. The Hall–Kier alpha value is -0.380. The van der Waals surface area contributed by atoms with Gasteiger partial charge in [-0.15, -0.1) is 0 Å². The molecule has 0 aromatic heterocycles. The molecule has 0 aliphatic heterocycles. The molecule has 0 N–H and O–H groups in total. The first-order valence-electron chi connectivity index (χ1n) is 4.19. The third-order valence-electron chi connectivity index (χ3n) is 1.77. The van der Waals surface area contributed by atoms with Gasteiger partial charge in [0.05, 0.1) is 18.4 Å². The van der Waals surface area contributed by atoms with Crippen molar-refractivity contribution in [1.29, 1.82) is 0 Å². The summed E-state index contributed by atoms with van der Waals surface area (Å²) in [7, 11) is 0. The van der Waals surface area contributed by atoms with Gasteiger partial charge in [-0.25, -0.2) is 0 Å². The number of hydrogen-bond donors (Lipinski definition) is 0. The number of halogens is 1. The Morgan fingerprint density at radius 3 is 2.31 bits per heavy atom. The molecule has 0 spiro atoms. The first-order chi connectivity index (χ1) is 5.94. The smallest absolute Gasteiger partial charge is 0.306 e. The molecular formula is C9H15BrO3. The van der Waals surface area contributed by atoms with Crippen LogP contribution in [0.4, 0.5) is 0 Å². The topological polar surface area (TPSA) is 43.4 Å². The molecule has 0 aliphatic rings. The second-order valence-electron chi connectivity index (χ2n) is 3.42. The zero-order valence-corrected chi connectivity index (χ0v) is 9.81. The fraction of sp³-hybridized carbons (Fsp3) is 0.778. The van der Waals surface area contributed by atoms with Crippen LogP contribution in [0, 0.1) is 5.41 Å². The molecule has 0 saturated carbocycles. The highest BCUT2D eigenvalue weighted by molar-refractivity contribution is 9.09. The summed E-state index contributed by atoms with van der Waals surface area (Å²) >= 11 is 3.08. The zero-order valence-electron chi connectivity index (χ0n) is 8.22. The number of rotatable bonds is 5. The van der Waals surface area contributed by atoms with Crippen molar-refractivity contribution in [3.63, 3.8) is 0 Å². The van der Waals surface area contributed by atoms with Crippen molar-refractivity contribution in [3.8, 4) is 0 Å². The fourth-order valence-electron chi connectivity index (χ4n) is 0.852. The van der Waals surface area contributed by atoms with Crippen molar-refractivity contribution in [2.75, 3.05) is 11.9 Å². The number of ether oxygens (including phenoxy) is 1. The Labute approximate surface area is 87.0 Å². The molecule has 0 rings (SSSR count). The lowest BCUT2D eigenvalue weighted by Gasteiger charge is -2.20. The summed E-state index contributed by atoms with van der Waals surface area (Å²) in [6.45, 7) is 5.59. The van der Waals surface area contributed by atoms with Gasteiger partial charge in [0, 0.05) is 5.41 Å². The van der Waals surface area contributed by atoms with Crippen LogP contribution in [-0.4, -0.2) is 23.7 Å². The number of alkyl halides is 1. The van der Waals surface area contributed by atoms with Gasteiger partial charge in [-0.2, -0.15) is 0 Å². The van der Waals surface area contributed by atoms with Gasteiger partial charge >= 0.3 is 5.97 Å². The lowest BCUT2D eigenvalue weighted by atomic mass is 9.85. The van der Waals surface area contributed by atoms with Gasteiger partial charge in [-0.1, -0.05) is 29.8 Å². The molecular weight excluding hydrogens is 236 g/mol. The van der Waals surface area contributed by atoms with E-state index in [1.54, 1.807) is 20.8 Å². The van der Waals surface area contributed by atoms with Crippen LogP contribution in [0.2, 0.25) is 0 Å². The summed E-state index contributed by atoms with van der Waals surface area (Å²) in [5.41, 5.74) is -0.629. The zero-order chi connectivity index (χ0) is 10.5. The summed E-state index contributed by atoms with van der Waals surface area (Å²) in [4.78, 5) is 22.4. The van der Waals surface area contributed by atoms with E-state index in [1.807, 2.05) is 0 Å². The monoisotopic (exact) mass is 250 g/mol. The molecule has 0 radical (unpaired) electrons. The van der Waals surface area contributed by atoms with Crippen LogP contribution in [0.1, 0.15) is 27.2 Å². The maximum Gasteiger partial charge on any atom is 0.306 e. The Morgan fingerprint density at radius 2 is 1.92 bits per heavy atom. The first kappa shape index (κ1) is 12.6. The minimum atomic E-state index is -0.629. The molecule has 0 fully saturated rings. The third kappa shape index (κ3) is 4.41. The Balaban J connectivity index is 4.16. The maximum atomic E-state index is 11.3. The van der Waals surface area contributed by atoms with Gasteiger partial charge in [-0.05, 0) is 6.92 Å². The van der Waals surface area contributed by atoms with E-state index in [9.17, 15) is 9.59 Å². The van der Waals surface area contributed by atoms with E-state index in [2.05, 4.69) is 15.9 Å². The highest BCUT2D eigenvalue weighted by Crippen LogP contribution is 2.23. The van der Waals surface area contributed by atoms with Crippen molar-refractivity contribution < 1.29 is 14.3 Å². The fourth-order valence-corrected chi connectivity index (χ4v) is 1.61. The average Bonchev–Trinajstić information content (AvgIpc) is 2.02. The van der Waals surface area contributed by atoms with Crippen molar-refractivity contribution in [2.24, 2.45) is 5.41 Å². The van der Waals surface area contributed by atoms with Gasteiger partial charge in [-0.3, -0.25) is 9.59 Å². The SMILES string of the molecule is CCOC(=O)CC(C)(C)C(=O)CBr. The molecule has 76 valence electrons. The minimum absolute atomic E-state index is 0.0144. The summed E-state index contributed by atoms with van der Waals surface area (Å²) in [5, 5.41) is 0.277. The number of esters is 1. The number of carbonyl (C=O) groups is 2. The summed E-state index contributed by atoms with van der Waals surface area (Å²) < 4.78 is 4.77. The second kappa shape index (κ2) is 5.37. The van der Waals surface area contributed by atoms with Crippen LogP contribution in [0.5, 0.6) is 0 Å². The summed E-state index contributed by atoms with van der Waals surface area (Å²) in [5.74, 6) is -0.303. The average molecular weight is 251 g/mol. The molecule has 13 heavy (non-hydrogen) atoms. The minimum Gasteiger partial charge on any atom is -0.466 e. The van der Waals surface area contributed by atoms with Crippen molar-refractivity contribution in [2.45, 2.75) is 27.2 Å². The normalized spacial score (nSPS) is 11.1. The second-order valence-corrected chi connectivity index (χ2v) is 3.98. The number of hydrogen-bond acceptors (Lipinski definition) is 3. The van der Waals surface area contributed by atoms with Crippen LogP contribution in [-0.2, 0) is 14.3 Å². The van der Waals surface area contributed by atoms with Crippen molar-refractivity contribution >= 4 is 27.7 Å². The predicted molar refractivity (Wildman–Crippen MR) is 53.8 cm³/mol. The van der Waals surface area contributed by atoms with E-state index in [0.29, 0.717) is 6.61 Å². The van der Waals surface area contributed by atoms with Crippen LogP contribution in [0.15, 0.2) is 0 Å². The molecule has 0 heterocycles. The number of carbonyl (C=O) groups excluding carboxylic acids is 2. The van der Waals surface area contributed by atoms with E-state index in [0.717, 1.165) is 0 Å². The number of Topliss-reactive ketones (excluding diaryl/α,β-unsaturated/α-hetero) is 1. The molecule has 3 nitrogen and oxygen atoms in total. The molecule has 0 aromatic rings. The van der Waals surface area contributed by atoms with E-state index in [4.69, 9.17) is 4.74 Å². The summed E-state index contributed by atoms with van der Waals surface area (Å²) in [6.07, 6.45) is 0.144. The summed E-state index contributed by atoms with van der Waals surface area (Å²) in [6, 6.07) is 0. The molecule has 0 amide bonds. The van der Waals surface area contributed by atoms with Crippen LogP contribution in [0.25, 0.3) is 0 Å². The predicted octanol–water partition coefficient (Wildman–Crippen LogP) is 1.93. The van der Waals surface area contributed by atoms with Crippen LogP contribution >= 0.6 is 15.9 Å². The standard InChI is InChI=1S/C9H15BrO3/c1-4-13-8(12)5-9(2,3)7(11)6-10/h4-6H2,1-3H3. The Bertz CT molecular complexity index is 199. The van der Waals surface area contributed by atoms with Gasteiger partial charge in [0.15, 0.2) is 0 Å². The molecule has 0 aliphatic carbocycles. The Kier molecular flexibility index (Phi) is 5.21. The number of ketones is 1. The van der Waals surface area contributed by atoms with E-state index in [-0.39, 0.29) is 23.5 Å². The highest BCUT2D eigenvalue weighted by atomic mass is 79.9. The molecule has 0 unspecified atom stereocenters. The quantitative estimate of drug-likeness (QED) is 0.554. The van der Waals surface area contributed by atoms with E-state index in [1.165, 1.54) is 0 Å². The largest absolute Gasteiger partial charge is 0.466 e. The highest BCUT2D eigenvalue weighted by Gasteiger charge is 2.29. The molecule has 0 saturated heterocycles. The molecule has 0 bridgehead atoms. The van der Waals surface area contributed by atoms with Gasteiger partial charge < -0.3 is 4.74 Å². The van der Waals surface area contributed by atoms with Crippen LogP contribution < -0.4 is 0 Å².